The van der Waals surface area contributed by atoms with Crippen molar-refractivity contribution < 1.29 is 13.2 Å². The maximum Gasteiger partial charge on any atom is 0.301 e. The Morgan fingerprint density at radius 2 is 2.00 bits per heavy atom. The van der Waals surface area contributed by atoms with E-state index in [0.29, 0.717) is 23.7 Å². The second-order valence-corrected chi connectivity index (χ2v) is 10.2. The molecule has 3 fully saturated rings. The van der Waals surface area contributed by atoms with Gasteiger partial charge in [0.2, 0.25) is 0 Å². The summed E-state index contributed by atoms with van der Waals surface area (Å²) in [6.07, 6.45) is 5.72. The van der Waals surface area contributed by atoms with Crippen LogP contribution in [-0.4, -0.2) is 31.8 Å². The highest BCUT2D eigenvalue weighted by molar-refractivity contribution is 7.91. The predicted octanol–water partition coefficient (Wildman–Crippen LogP) is 2.67. The molecule has 5 nitrogen and oxygen atoms in total. The summed E-state index contributed by atoms with van der Waals surface area (Å²) in [6, 6.07) is 0.537. The van der Waals surface area contributed by atoms with Crippen molar-refractivity contribution in [2.75, 3.05) is 0 Å². The molecule has 0 aromatic heterocycles. The average molecular weight is 340 g/mol. The molecule has 23 heavy (non-hydrogen) atoms. The highest BCUT2D eigenvalue weighted by Gasteiger charge is 2.65. The Balaban J connectivity index is 1.50. The van der Waals surface area contributed by atoms with Crippen molar-refractivity contribution in [2.24, 2.45) is 27.6 Å². The molecule has 1 aliphatic heterocycles. The van der Waals surface area contributed by atoms with Crippen LogP contribution in [0.5, 0.6) is 0 Å². The summed E-state index contributed by atoms with van der Waals surface area (Å²) in [5, 5.41) is 2.91. The van der Waals surface area contributed by atoms with Crippen LogP contribution < -0.4 is 5.32 Å². The first kappa shape index (κ1) is 15.7. The number of ether oxygens (including phenoxy) is 1. The Bertz CT molecular complexity index is 630. The molecule has 6 heteroatoms. The number of nitrogens with one attached hydrogen (secondary N) is 1. The Hall–Kier alpha value is -0.780. The summed E-state index contributed by atoms with van der Waals surface area (Å²) in [4.78, 5) is 0. The van der Waals surface area contributed by atoms with Crippen molar-refractivity contribution in [3.63, 3.8) is 0 Å². The zero-order chi connectivity index (χ0) is 16.4. The van der Waals surface area contributed by atoms with E-state index in [4.69, 9.17) is 4.74 Å². The number of nitrogens with zero attached hydrogens (tertiary/aromatic N) is 1. The first-order valence-electron chi connectivity index (χ1n) is 9.10. The molecule has 0 saturated heterocycles. The third kappa shape index (κ3) is 2.39. The van der Waals surface area contributed by atoms with Gasteiger partial charge in [0, 0.05) is 6.04 Å². The number of hydrogen-bond donors (Lipinski definition) is 1. The van der Waals surface area contributed by atoms with Gasteiger partial charge >= 0.3 is 6.02 Å². The van der Waals surface area contributed by atoms with Crippen molar-refractivity contribution >= 4 is 16.0 Å². The lowest BCUT2D eigenvalue weighted by atomic mass is 9.89. The lowest BCUT2D eigenvalue weighted by molar-refractivity contribution is 0.129. The van der Waals surface area contributed by atoms with Crippen molar-refractivity contribution in [2.45, 2.75) is 76.7 Å². The first-order chi connectivity index (χ1) is 10.8. The van der Waals surface area contributed by atoms with Gasteiger partial charge in [0.25, 0.3) is 10.0 Å². The fourth-order valence-electron chi connectivity index (χ4n) is 5.36. The molecule has 4 aliphatic rings. The Kier molecular flexibility index (Phi) is 3.49. The highest BCUT2D eigenvalue weighted by Crippen LogP contribution is 2.69. The fraction of sp³-hybridized carbons (Fsp3) is 0.941. The van der Waals surface area contributed by atoms with Crippen molar-refractivity contribution in [3.05, 3.63) is 0 Å². The molecular weight excluding hydrogens is 312 g/mol. The lowest BCUT2D eigenvalue weighted by Gasteiger charge is -2.35. The van der Waals surface area contributed by atoms with E-state index in [0.717, 1.165) is 31.6 Å². The minimum Gasteiger partial charge on any atom is -0.460 e. The molecule has 1 heterocycles. The number of hydrogen-bond acceptors (Lipinski definition) is 4. The molecule has 0 radical (unpaired) electrons. The maximum absolute atomic E-state index is 12.4. The van der Waals surface area contributed by atoms with E-state index in [-0.39, 0.29) is 18.2 Å². The van der Waals surface area contributed by atoms with Crippen LogP contribution in [0.1, 0.15) is 59.3 Å². The van der Waals surface area contributed by atoms with E-state index in [1.54, 1.807) is 0 Å². The molecule has 3 aliphatic carbocycles. The molecule has 0 bridgehead atoms. The molecule has 0 aromatic carbocycles. The van der Waals surface area contributed by atoms with Gasteiger partial charge in [0.05, 0.1) is 0 Å². The second kappa shape index (κ2) is 5.11. The van der Waals surface area contributed by atoms with E-state index in [9.17, 15) is 8.42 Å². The van der Waals surface area contributed by atoms with Gasteiger partial charge in [-0.25, -0.2) is 8.42 Å². The number of sulfonamides is 1. The smallest absolute Gasteiger partial charge is 0.301 e. The van der Waals surface area contributed by atoms with Crippen LogP contribution in [0.4, 0.5) is 0 Å². The maximum atomic E-state index is 12.4. The second-order valence-electron chi connectivity index (χ2n) is 8.40. The Labute approximate surface area is 139 Å². The quantitative estimate of drug-likeness (QED) is 0.839. The minimum absolute atomic E-state index is 0.209. The van der Waals surface area contributed by atoms with E-state index >= 15 is 0 Å². The molecular formula is C17H28N2O3S. The van der Waals surface area contributed by atoms with Gasteiger partial charge in [-0.2, -0.15) is 0 Å². The summed E-state index contributed by atoms with van der Waals surface area (Å²) in [5.74, 6) is 2.00. The molecule has 0 amide bonds. The van der Waals surface area contributed by atoms with Crippen molar-refractivity contribution in [3.8, 4) is 0 Å². The zero-order valence-corrected chi connectivity index (χ0v) is 15.1. The van der Waals surface area contributed by atoms with Crippen LogP contribution in [0.2, 0.25) is 0 Å². The van der Waals surface area contributed by atoms with Gasteiger partial charge < -0.3 is 10.1 Å². The molecule has 1 N–H and O–H groups in total. The van der Waals surface area contributed by atoms with Gasteiger partial charge in [-0.15, -0.1) is 4.40 Å². The molecule has 4 rings (SSSR count). The van der Waals surface area contributed by atoms with E-state index < -0.39 is 15.3 Å². The molecule has 6 atom stereocenters. The normalized spacial score (nSPS) is 47.3. The Morgan fingerprint density at radius 3 is 2.70 bits per heavy atom. The van der Waals surface area contributed by atoms with Crippen LogP contribution >= 0.6 is 0 Å². The predicted molar refractivity (Wildman–Crippen MR) is 89.6 cm³/mol. The van der Waals surface area contributed by atoms with E-state index in [1.165, 1.54) is 6.42 Å². The summed E-state index contributed by atoms with van der Waals surface area (Å²) in [6.45, 7) is 6.89. The molecule has 3 unspecified atom stereocenters. The van der Waals surface area contributed by atoms with Crippen LogP contribution in [0.25, 0.3) is 0 Å². The number of amidine groups is 1. The van der Waals surface area contributed by atoms with Gasteiger partial charge in [0.1, 0.15) is 11.4 Å². The van der Waals surface area contributed by atoms with Gasteiger partial charge in [0.15, 0.2) is 0 Å². The number of rotatable bonds is 2. The third-order valence-electron chi connectivity index (χ3n) is 7.00. The highest BCUT2D eigenvalue weighted by atomic mass is 32.2. The molecule has 130 valence electrons. The fourth-order valence-corrected chi connectivity index (χ4v) is 6.86. The summed E-state index contributed by atoms with van der Waals surface area (Å²) in [7, 11) is -3.43. The molecule has 0 spiro atoms. The van der Waals surface area contributed by atoms with Gasteiger partial charge in [-0.1, -0.05) is 27.2 Å². The largest absolute Gasteiger partial charge is 0.460 e. The van der Waals surface area contributed by atoms with E-state index in [1.807, 2.05) is 0 Å². The Morgan fingerprint density at radius 1 is 1.26 bits per heavy atom. The van der Waals surface area contributed by atoms with Crippen LogP contribution in [0, 0.1) is 23.2 Å². The zero-order valence-electron chi connectivity index (χ0n) is 14.3. The minimum atomic E-state index is -3.43. The monoisotopic (exact) mass is 340 g/mol. The first-order valence-corrected chi connectivity index (χ1v) is 10.6. The summed E-state index contributed by atoms with van der Waals surface area (Å²) >= 11 is 0. The summed E-state index contributed by atoms with van der Waals surface area (Å²) < 4.78 is 34.7. The standard InChI is InChI=1S/C17H28N2O3S/c1-10(2)17-8-12(17)11(3)13(9-17)18-16-19-23(20,21)15-7-5-4-6-14(15)22-16/h10-15H,4-9H2,1-3H3,(H,18,19)/t11-,12-,13?,14?,15?,17+/m1/s1. The number of fused-ring (bicyclic) bond motifs is 2. The van der Waals surface area contributed by atoms with Crippen molar-refractivity contribution in [1.82, 2.24) is 5.32 Å². The van der Waals surface area contributed by atoms with Crippen molar-refractivity contribution in [1.29, 1.82) is 0 Å². The van der Waals surface area contributed by atoms with Gasteiger partial charge in [-0.3, -0.25) is 0 Å². The lowest BCUT2D eigenvalue weighted by Crippen LogP contribution is -2.49. The third-order valence-corrected chi connectivity index (χ3v) is 8.73. The average Bonchev–Trinajstić information content (AvgIpc) is 3.15. The van der Waals surface area contributed by atoms with Crippen LogP contribution in [0.3, 0.4) is 0 Å². The topological polar surface area (TPSA) is 67.8 Å². The van der Waals surface area contributed by atoms with E-state index in [2.05, 4.69) is 30.5 Å². The van der Waals surface area contributed by atoms with Crippen LogP contribution in [-0.2, 0) is 14.8 Å². The summed E-state index contributed by atoms with van der Waals surface area (Å²) in [5.41, 5.74) is 0.457. The van der Waals surface area contributed by atoms with Crippen LogP contribution in [0.15, 0.2) is 4.40 Å². The molecule has 3 saturated carbocycles. The van der Waals surface area contributed by atoms with Gasteiger partial charge in [-0.05, 0) is 55.3 Å². The SMILES string of the molecule is CC(C)[C@]12CC(NC3=NS(=O)(=O)C4CCCCC4O3)[C@H](C)[C@H]1C2. The molecule has 0 aromatic rings.